The lowest BCUT2D eigenvalue weighted by molar-refractivity contribution is -0.143. The zero-order valence-electron chi connectivity index (χ0n) is 12.0. The van der Waals surface area contributed by atoms with Gasteiger partial charge in [-0.1, -0.05) is 45.4 Å². The first-order chi connectivity index (χ1) is 8.45. The first-order valence-corrected chi connectivity index (χ1v) is 8.12. The highest BCUT2D eigenvalue weighted by atomic mass is 32.2. The number of carbonyl (C=O) groups excluding carboxylic acids is 1. The van der Waals surface area contributed by atoms with E-state index >= 15 is 0 Å². The van der Waals surface area contributed by atoms with Crippen LogP contribution in [0.1, 0.15) is 58.3 Å². The molecule has 0 rings (SSSR count). The smallest absolute Gasteiger partial charge is 0.305 e. The largest absolute Gasteiger partial charge is 0.748 e. The summed E-state index contributed by atoms with van der Waals surface area (Å²) >= 11 is 0. The molecule has 0 radical (unpaired) electrons. The molecule has 0 saturated heterocycles. The van der Waals surface area contributed by atoms with E-state index in [9.17, 15) is 17.8 Å². The highest BCUT2D eigenvalue weighted by Gasteiger charge is 2.03. The van der Waals surface area contributed by atoms with Gasteiger partial charge in [0, 0.05) is 6.42 Å². The molecule has 0 aliphatic rings. The van der Waals surface area contributed by atoms with E-state index in [1.54, 1.807) is 0 Å². The van der Waals surface area contributed by atoms with Crippen molar-refractivity contribution in [2.75, 3.05) is 12.4 Å². The van der Waals surface area contributed by atoms with E-state index in [-0.39, 0.29) is 12.8 Å². The maximum Gasteiger partial charge on any atom is 0.305 e. The molecule has 0 amide bonds. The van der Waals surface area contributed by atoms with E-state index in [0.29, 0.717) is 6.42 Å². The quantitative estimate of drug-likeness (QED) is 0.357. The minimum atomic E-state index is -4.29. The Morgan fingerprint density at radius 2 is 1.58 bits per heavy atom. The van der Waals surface area contributed by atoms with Crippen molar-refractivity contribution < 1.29 is 22.5 Å². The van der Waals surface area contributed by atoms with Gasteiger partial charge in [0.15, 0.2) is 0 Å². The molecule has 0 bridgehead atoms. The van der Waals surface area contributed by atoms with Crippen LogP contribution in [0, 0.1) is 0 Å². The molecule has 0 aromatic carbocycles. The third-order valence-corrected chi connectivity index (χ3v) is 3.25. The zero-order valence-corrected chi connectivity index (χ0v) is 12.8. The summed E-state index contributed by atoms with van der Waals surface area (Å²) in [6.07, 6.45) is 8.06. The van der Waals surface area contributed by atoms with Crippen molar-refractivity contribution in [2.45, 2.75) is 58.3 Å². The molecule has 0 unspecified atom stereocenters. The van der Waals surface area contributed by atoms with Gasteiger partial charge in [0.2, 0.25) is 0 Å². The van der Waals surface area contributed by atoms with Crippen LogP contribution in [0.5, 0.6) is 0 Å². The molecule has 0 atom stereocenters. The van der Waals surface area contributed by atoms with E-state index in [0.717, 1.165) is 19.3 Å². The standard InChI is InChI=1S/C12H24O5S.H3N/c1-2-3-4-5-6-7-8-9-12(13)17-10-11-18(14,15)16;/h2-11H2,1H3,(H,14,15,16);1H3. The van der Waals surface area contributed by atoms with Crippen molar-refractivity contribution in [3.8, 4) is 0 Å². The fourth-order valence-corrected chi connectivity index (χ4v) is 1.84. The van der Waals surface area contributed by atoms with Crippen LogP contribution < -0.4 is 6.15 Å². The van der Waals surface area contributed by atoms with Crippen LogP contribution in [0.4, 0.5) is 0 Å². The number of hydrogen-bond donors (Lipinski definition) is 1. The molecule has 0 spiro atoms. The summed E-state index contributed by atoms with van der Waals surface area (Å²) in [7, 11) is -4.29. The van der Waals surface area contributed by atoms with Gasteiger partial charge in [0.25, 0.3) is 0 Å². The number of rotatable bonds is 11. The Morgan fingerprint density at radius 3 is 2.11 bits per heavy atom. The monoisotopic (exact) mass is 297 g/mol. The van der Waals surface area contributed by atoms with Crippen LogP contribution in [0.2, 0.25) is 0 Å². The lowest BCUT2D eigenvalue weighted by Crippen LogP contribution is -2.14. The highest BCUT2D eigenvalue weighted by molar-refractivity contribution is 7.85. The van der Waals surface area contributed by atoms with E-state index in [4.69, 9.17) is 0 Å². The zero-order chi connectivity index (χ0) is 13.9. The Labute approximate surface area is 116 Å². The summed E-state index contributed by atoms with van der Waals surface area (Å²) in [5.41, 5.74) is 0. The van der Waals surface area contributed by atoms with Gasteiger partial charge in [0.05, 0.1) is 15.9 Å². The van der Waals surface area contributed by atoms with E-state index in [1.807, 2.05) is 0 Å². The summed E-state index contributed by atoms with van der Waals surface area (Å²) in [6.45, 7) is 1.83. The number of quaternary nitrogens is 1. The van der Waals surface area contributed by atoms with Gasteiger partial charge in [-0.15, -0.1) is 0 Å². The van der Waals surface area contributed by atoms with Crippen LogP contribution in [0.25, 0.3) is 0 Å². The Morgan fingerprint density at radius 1 is 1.05 bits per heavy atom. The summed E-state index contributed by atoms with van der Waals surface area (Å²) < 4.78 is 35.4. The minimum absolute atomic E-state index is 0. The molecule has 0 aliphatic carbocycles. The average molecular weight is 297 g/mol. The fraction of sp³-hybridized carbons (Fsp3) is 0.917. The maximum absolute atomic E-state index is 11.1. The molecule has 0 aromatic rings. The number of carbonyl (C=O) groups is 1. The molecule has 0 fully saturated rings. The molecule has 0 aromatic heterocycles. The Hall–Kier alpha value is -0.660. The molecular weight excluding hydrogens is 270 g/mol. The Kier molecular flexibility index (Phi) is 13.5. The van der Waals surface area contributed by atoms with Crippen molar-refractivity contribution >= 4 is 16.1 Å². The van der Waals surface area contributed by atoms with Crippen molar-refractivity contribution in [3.63, 3.8) is 0 Å². The molecule has 116 valence electrons. The second-order valence-corrected chi connectivity index (χ2v) is 5.88. The fourth-order valence-electron chi connectivity index (χ4n) is 1.56. The van der Waals surface area contributed by atoms with E-state index < -0.39 is 21.8 Å². The predicted molar refractivity (Wildman–Crippen MR) is 74.1 cm³/mol. The number of ether oxygens (including phenoxy) is 1. The van der Waals surface area contributed by atoms with Crippen molar-refractivity contribution in [1.82, 2.24) is 6.15 Å². The first kappa shape index (κ1) is 20.7. The Bertz CT molecular complexity index is 316. The summed E-state index contributed by atoms with van der Waals surface area (Å²) in [4.78, 5) is 11.1. The first-order valence-electron chi connectivity index (χ1n) is 6.55. The average Bonchev–Trinajstić information content (AvgIpc) is 2.26. The molecule has 19 heavy (non-hydrogen) atoms. The molecule has 4 N–H and O–H groups in total. The molecule has 7 heteroatoms. The van der Waals surface area contributed by atoms with Gasteiger partial charge >= 0.3 is 5.97 Å². The van der Waals surface area contributed by atoms with Crippen LogP contribution in [0.3, 0.4) is 0 Å². The molecule has 0 aliphatic heterocycles. The molecule has 0 saturated carbocycles. The van der Waals surface area contributed by atoms with Crippen molar-refractivity contribution in [2.24, 2.45) is 0 Å². The SMILES string of the molecule is CCCCCCCCCC(=O)OCCS(=O)(=O)[O-].[NH4+]. The van der Waals surface area contributed by atoms with E-state index in [2.05, 4.69) is 11.7 Å². The third-order valence-electron chi connectivity index (χ3n) is 2.58. The van der Waals surface area contributed by atoms with Crippen LogP contribution in [-0.2, 0) is 19.6 Å². The molecule has 6 nitrogen and oxygen atoms in total. The van der Waals surface area contributed by atoms with Crippen LogP contribution in [0.15, 0.2) is 0 Å². The summed E-state index contributed by atoms with van der Waals surface area (Å²) in [5.74, 6) is -1.07. The van der Waals surface area contributed by atoms with Crippen LogP contribution >= 0.6 is 0 Å². The number of esters is 1. The maximum atomic E-state index is 11.1. The Balaban J connectivity index is 0. The van der Waals surface area contributed by atoms with Gasteiger partial charge in [-0.25, -0.2) is 8.42 Å². The minimum Gasteiger partial charge on any atom is -0.748 e. The molecular formula is C12H27NO5S. The van der Waals surface area contributed by atoms with Gasteiger partial charge < -0.3 is 15.4 Å². The highest BCUT2D eigenvalue weighted by Crippen LogP contribution is 2.08. The predicted octanol–water partition coefficient (Wildman–Crippen LogP) is 2.59. The van der Waals surface area contributed by atoms with Gasteiger partial charge in [-0.05, 0) is 6.42 Å². The topological polar surface area (TPSA) is 120 Å². The summed E-state index contributed by atoms with van der Waals surface area (Å²) in [5, 5.41) is 0. The van der Waals surface area contributed by atoms with Crippen LogP contribution in [-0.4, -0.2) is 31.3 Å². The van der Waals surface area contributed by atoms with Crippen molar-refractivity contribution in [1.29, 1.82) is 0 Å². The second-order valence-electron chi connectivity index (χ2n) is 4.35. The molecule has 0 heterocycles. The third kappa shape index (κ3) is 17.3. The number of unbranched alkanes of at least 4 members (excludes halogenated alkanes) is 6. The van der Waals surface area contributed by atoms with Crippen molar-refractivity contribution in [3.05, 3.63) is 0 Å². The summed E-state index contributed by atoms with van der Waals surface area (Å²) in [6, 6.07) is 0. The number of hydrogen-bond acceptors (Lipinski definition) is 5. The lowest BCUT2D eigenvalue weighted by Gasteiger charge is -2.07. The second kappa shape index (κ2) is 12.4. The van der Waals surface area contributed by atoms with Gasteiger partial charge in [-0.2, -0.15) is 0 Å². The lowest BCUT2D eigenvalue weighted by atomic mass is 10.1. The van der Waals surface area contributed by atoms with Gasteiger partial charge in [-0.3, -0.25) is 4.79 Å². The normalized spacial score (nSPS) is 10.8. The van der Waals surface area contributed by atoms with E-state index in [1.165, 1.54) is 25.7 Å². The van der Waals surface area contributed by atoms with Gasteiger partial charge in [0.1, 0.15) is 6.61 Å².